The van der Waals surface area contributed by atoms with Gasteiger partial charge in [0.25, 0.3) is 0 Å². The first-order valence-electron chi connectivity index (χ1n) is 26.7. The van der Waals surface area contributed by atoms with Crippen LogP contribution in [-0.2, 0) is 71.2 Å². The van der Waals surface area contributed by atoms with Crippen LogP contribution < -0.4 is 0 Å². The van der Waals surface area contributed by atoms with Crippen molar-refractivity contribution in [2.24, 2.45) is 5.92 Å². The van der Waals surface area contributed by atoms with Gasteiger partial charge < -0.3 is 61.6 Å². The molecule has 14 unspecified atom stereocenters. The minimum atomic E-state index is -0.966. The number of hydrogen-bond acceptors (Lipinski definition) is 17. The zero-order valence-electron chi connectivity index (χ0n) is 42.5. The molecule has 12 rings (SSSR count). The van der Waals surface area contributed by atoms with Gasteiger partial charge in [-0.2, -0.15) is 0 Å². The Bertz CT molecular complexity index is 2390. The third kappa shape index (κ3) is 10.9. The zero-order chi connectivity index (χ0) is 51.1. The molecule has 18 atom stereocenters. The van der Waals surface area contributed by atoms with Crippen LogP contribution in [0.1, 0.15) is 111 Å². The zero-order valence-corrected chi connectivity index (χ0v) is 42.5. The van der Waals surface area contributed by atoms with Gasteiger partial charge in [-0.25, -0.2) is 14.4 Å². The lowest BCUT2D eigenvalue weighted by atomic mass is 9.83. The van der Waals surface area contributed by atoms with Crippen molar-refractivity contribution in [3.05, 3.63) is 95.1 Å². The van der Waals surface area contributed by atoms with E-state index >= 15 is 0 Å². The van der Waals surface area contributed by atoms with Crippen LogP contribution in [0.2, 0.25) is 0 Å². The number of esters is 3. The maximum absolute atomic E-state index is 14.7. The number of ketones is 1. The Morgan fingerprint density at radius 3 is 2.15 bits per heavy atom. The maximum Gasteiger partial charge on any atom is 0.338 e. The number of hydrogen-bond donors (Lipinski definition) is 0. The number of ether oxygens (including phenoxy) is 13. The fourth-order valence-electron chi connectivity index (χ4n) is 13.3. The molecule has 9 fully saturated rings. The number of benzene rings is 2. The third-order valence-electron chi connectivity index (χ3n) is 16.8. The molecule has 2 aromatic rings. The van der Waals surface area contributed by atoms with Gasteiger partial charge in [-0.3, -0.25) is 4.79 Å². The Morgan fingerprint density at radius 1 is 0.689 bits per heavy atom. The largest absolute Gasteiger partial charge is 0.459 e. The molecule has 400 valence electrons. The van der Waals surface area contributed by atoms with Crippen LogP contribution in [0.4, 0.5) is 0 Å². The van der Waals surface area contributed by atoms with Crippen molar-refractivity contribution in [3.8, 4) is 0 Å². The van der Waals surface area contributed by atoms with Gasteiger partial charge in [0.1, 0.15) is 62.2 Å². The van der Waals surface area contributed by atoms with Crippen molar-refractivity contribution in [2.45, 2.75) is 194 Å². The van der Waals surface area contributed by atoms with Gasteiger partial charge in [0.2, 0.25) is 0 Å². The summed E-state index contributed by atoms with van der Waals surface area (Å²) in [5.41, 5.74) is 3.59. The number of methoxy groups -OCH3 is 2. The number of Topliss-reactive ketones (excluding diaryl/α,β-unsaturated/α-hetero) is 1. The molecule has 0 amide bonds. The summed E-state index contributed by atoms with van der Waals surface area (Å²) in [6, 6.07) is 17.2. The van der Waals surface area contributed by atoms with E-state index in [1.165, 1.54) is 7.11 Å². The van der Waals surface area contributed by atoms with Crippen molar-refractivity contribution in [1.29, 1.82) is 0 Å². The van der Waals surface area contributed by atoms with Crippen LogP contribution >= 0.6 is 0 Å². The van der Waals surface area contributed by atoms with Crippen molar-refractivity contribution < 1.29 is 80.8 Å². The Hall–Kier alpha value is -4.40. The lowest BCUT2D eigenvalue weighted by molar-refractivity contribution is -0.292. The van der Waals surface area contributed by atoms with Crippen molar-refractivity contribution in [1.82, 2.24) is 0 Å². The fraction of sp³-hybridized carbons (Fsp3) is 0.649. The predicted molar refractivity (Wildman–Crippen MR) is 261 cm³/mol. The SMILES string of the molecule is C=C1CC2CCC34CC5OC6C(O3)[C@H]3OC(CCC3O[C@H]6C5O4)CC(=O)CC3[C@@H](OC)C(CC(COC(=O)c4ccccc4)OC(=O)c4ccccc4)O[C@H]3CC3OC(CCC1O2)CC(C)=C3COC(=O)COC. The van der Waals surface area contributed by atoms with Crippen LogP contribution in [0.5, 0.6) is 0 Å². The molecule has 10 heterocycles. The molecule has 10 aliphatic rings. The van der Waals surface area contributed by atoms with E-state index in [0.717, 1.165) is 29.6 Å². The van der Waals surface area contributed by atoms with Crippen molar-refractivity contribution >= 4 is 23.7 Å². The number of fused-ring (bicyclic) bond motifs is 6. The van der Waals surface area contributed by atoms with Crippen LogP contribution in [0.3, 0.4) is 0 Å². The summed E-state index contributed by atoms with van der Waals surface area (Å²) in [6.07, 6.45) is 0.0812. The highest BCUT2D eigenvalue weighted by Gasteiger charge is 2.69. The van der Waals surface area contributed by atoms with E-state index in [9.17, 15) is 19.2 Å². The predicted octanol–water partition coefficient (Wildman–Crippen LogP) is 6.51. The van der Waals surface area contributed by atoms with Crippen molar-refractivity contribution in [2.75, 3.05) is 34.0 Å². The van der Waals surface area contributed by atoms with Gasteiger partial charge >= 0.3 is 17.9 Å². The first kappa shape index (κ1) is 51.7. The molecule has 9 saturated heterocycles. The molecule has 74 heavy (non-hydrogen) atoms. The molecule has 10 aliphatic heterocycles. The Morgan fingerprint density at radius 2 is 1.38 bits per heavy atom. The Labute approximate surface area is 432 Å². The fourth-order valence-corrected chi connectivity index (χ4v) is 13.3. The van der Waals surface area contributed by atoms with Gasteiger partial charge in [-0.05, 0) is 87.3 Å². The average molecular weight is 1030 g/mol. The van der Waals surface area contributed by atoms with Crippen molar-refractivity contribution in [3.63, 3.8) is 0 Å². The monoisotopic (exact) mass is 1030 g/mol. The summed E-state index contributed by atoms with van der Waals surface area (Å²) in [4.78, 5) is 54.5. The standard InChI is InChI=1S/C57H70O17/c1-31-21-36-15-17-42-32(2)22-38(66-42)19-20-57-27-47-51(73-57)52-53(72-47)54(74-57)50-43(71-52)18-16-37(68-50)23-35(58)24-40-44(26-45(67-36)41(31)29-64-48(59)30-62-3)70-46(49(40)63-4)25-39(69-56(61)34-13-9-6-10-14-34)28-65-55(60)33-11-7-5-8-12-33/h5-14,36-40,42-47,49-54H,2,15-30H2,1,3-4H3/t36?,37?,38?,39?,40?,42?,43?,44-,45?,46?,47?,49+,50-,51?,52-,53?,54?,57?/m0/s1. The maximum atomic E-state index is 14.7. The normalized spacial score (nSPS) is 39.0. The summed E-state index contributed by atoms with van der Waals surface area (Å²) in [6.45, 7) is 6.03. The van der Waals surface area contributed by atoms with E-state index in [1.807, 2.05) is 6.92 Å². The van der Waals surface area contributed by atoms with Gasteiger partial charge in [0.15, 0.2) is 5.79 Å². The highest BCUT2D eigenvalue weighted by molar-refractivity contribution is 5.90. The number of carbonyl (C=O) groups excluding carboxylic acids is 4. The Balaban J connectivity index is 0.891. The summed E-state index contributed by atoms with van der Waals surface area (Å²) >= 11 is 0. The summed E-state index contributed by atoms with van der Waals surface area (Å²) in [5, 5.41) is 0. The highest BCUT2D eigenvalue weighted by atomic mass is 16.8. The molecule has 12 bridgehead atoms. The average Bonchev–Trinajstić information content (AvgIpc) is 4.08. The Kier molecular flexibility index (Phi) is 15.6. The lowest BCUT2D eigenvalue weighted by Crippen LogP contribution is -2.61. The first-order chi connectivity index (χ1) is 35.9. The molecular formula is C57H70O17. The second-order valence-corrected chi connectivity index (χ2v) is 21.8. The van der Waals surface area contributed by atoms with Gasteiger partial charge in [0, 0.05) is 58.7 Å². The topological polar surface area (TPSA) is 188 Å². The number of carbonyl (C=O) groups is 4. The smallest absolute Gasteiger partial charge is 0.338 e. The van der Waals surface area contributed by atoms with E-state index in [-0.39, 0.29) is 93.7 Å². The summed E-state index contributed by atoms with van der Waals surface area (Å²) < 4.78 is 84.1. The van der Waals surface area contributed by atoms with Crippen LogP contribution in [-0.4, -0.2) is 161 Å². The molecule has 0 N–H and O–H groups in total. The molecule has 2 aromatic carbocycles. The van der Waals surface area contributed by atoms with E-state index in [0.29, 0.717) is 62.5 Å². The molecule has 0 radical (unpaired) electrons. The molecule has 0 aromatic heterocycles. The van der Waals surface area contributed by atoms with E-state index in [1.54, 1.807) is 67.8 Å². The first-order valence-corrected chi connectivity index (χ1v) is 26.7. The molecule has 0 aliphatic carbocycles. The molecular weight excluding hydrogens is 957 g/mol. The lowest BCUT2D eigenvalue weighted by Gasteiger charge is -2.47. The van der Waals surface area contributed by atoms with Crippen LogP contribution in [0.15, 0.2) is 84.0 Å². The van der Waals surface area contributed by atoms with E-state index < -0.39 is 78.4 Å². The van der Waals surface area contributed by atoms with E-state index in [2.05, 4.69) is 6.58 Å². The second-order valence-electron chi connectivity index (χ2n) is 21.8. The second kappa shape index (κ2) is 22.3. The quantitative estimate of drug-likeness (QED) is 0.127. The van der Waals surface area contributed by atoms with Crippen LogP contribution in [0, 0.1) is 5.92 Å². The minimum Gasteiger partial charge on any atom is -0.459 e. The summed E-state index contributed by atoms with van der Waals surface area (Å²) in [7, 11) is 3.03. The molecule has 0 saturated carbocycles. The molecule has 17 nitrogen and oxygen atoms in total. The van der Waals surface area contributed by atoms with Gasteiger partial charge in [0.05, 0.1) is 72.2 Å². The summed E-state index contributed by atoms with van der Waals surface area (Å²) in [5.74, 6) is -3.08. The van der Waals surface area contributed by atoms with Crippen LogP contribution in [0.25, 0.3) is 0 Å². The highest BCUT2D eigenvalue weighted by Crippen LogP contribution is 2.54. The molecule has 1 spiro atoms. The minimum absolute atomic E-state index is 0.0116. The third-order valence-corrected chi connectivity index (χ3v) is 16.8. The number of rotatable bonds is 12. The molecule has 17 heteroatoms. The van der Waals surface area contributed by atoms with E-state index in [4.69, 9.17) is 61.6 Å². The van der Waals surface area contributed by atoms with Gasteiger partial charge in [-0.1, -0.05) is 48.6 Å². The van der Waals surface area contributed by atoms with Gasteiger partial charge in [-0.15, -0.1) is 0 Å².